The summed E-state index contributed by atoms with van der Waals surface area (Å²) in [4.78, 5) is 27.2. The molecule has 22 heavy (non-hydrogen) atoms. The molecule has 0 spiro atoms. The fourth-order valence-corrected chi connectivity index (χ4v) is 2.28. The van der Waals surface area contributed by atoms with Gasteiger partial charge < -0.3 is 27.0 Å². The van der Waals surface area contributed by atoms with Crippen LogP contribution in [0, 0.1) is 5.41 Å². The van der Waals surface area contributed by atoms with Gasteiger partial charge in [0.25, 0.3) is 0 Å². The summed E-state index contributed by atoms with van der Waals surface area (Å²) in [6.45, 7) is 2.62. The molecule has 9 nitrogen and oxygen atoms in total. The normalized spacial score (nSPS) is 16.8. The minimum atomic E-state index is -0.698. The number of amides is 3. The number of imide groups is 1. The van der Waals surface area contributed by atoms with Gasteiger partial charge in [0.2, 0.25) is 5.91 Å². The average molecular weight is 313 g/mol. The van der Waals surface area contributed by atoms with Gasteiger partial charge in [-0.05, 0) is 25.8 Å². The Morgan fingerprint density at radius 3 is 2.41 bits per heavy atom. The van der Waals surface area contributed by atoms with Gasteiger partial charge in [0, 0.05) is 26.2 Å². The highest BCUT2D eigenvalue weighted by Crippen LogP contribution is 2.03. The number of hydrogen-bond acceptors (Lipinski definition) is 5. The van der Waals surface area contributed by atoms with Crippen LogP contribution in [-0.4, -0.2) is 66.5 Å². The molecule has 0 unspecified atom stereocenters. The molecule has 1 rings (SSSR count). The minimum absolute atomic E-state index is 0.000241. The Morgan fingerprint density at radius 2 is 1.77 bits per heavy atom. The lowest BCUT2D eigenvalue weighted by Crippen LogP contribution is -2.50. The number of unbranched alkanes of at least 4 members (excludes halogenated alkanes) is 1. The zero-order chi connectivity index (χ0) is 16.5. The zero-order valence-electron chi connectivity index (χ0n) is 12.9. The second-order valence-corrected chi connectivity index (χ2v) is 5.40. The van der Waals surface area contributed by atoms with E-state index in [9.17, 15) is 9.59 Å². The first-order valence-corrected chi connectivity index (χ1v) is 7.60. The quantitative estimate of drug-likeness (QED) is 0.238. The molecular formula is C13H27N7O2. The Balaban J connectivity index is 2.40. The number of nitrogens with one attached hydrogen (secondary N) is 2. The second-order valence-electron chi connectivity index (χ2n) is 5.40. The summed E-state index contributed by atoms with van der Waals surface area (Å²) < 4.78 is 0. The van der Waals surface area contributed by atoms with E-state index < -0.39 is 18.0 Å². The van der Waals surface area contributed by atoms with Crippen molar-refractivity contribution in [1.82, 2.24) is 15.1 Å². The van der Waals surface area contributed by atoms with Gasteiger partial charge in [-0.15, -0.1) is 0 Å². The number of carbonyl (C=O) groups is 2. The first-order chi connectivity index (χ1) is 10.5. The maximum absolute atomic E-state index is 12.1. The smallest absolute Gasteiger partial charge is 0.324 e. The highest BCUT2D eigenvalue weighted by atomic mass is 16.2. The highest BCUT2D eigenvalue weighted by molar-refractivity contribution is 5.96. The van der Waals surface area contributed by atoms with E-state index in [2.05, 4.69) is 5.32 Å². The summed E-state index contributed by atoms with van der Waals surface area (Å²) in [5.41, 5.74) is 16.6. The number of hydrogen-bond donors (Lipinski definition) is 5. The van der Waals surface area contributed by atoms with Gasteiger partial charge in [-0.3, -0.25) is 15.5 Å². The third kappa shape index (κ3) is 5.86. The molecule has 1 atom stereocenters. The van der Waals surface area contributed by atoms with E-state index in [1.165, 1.54) is 0 Å². The molecule has 1 heterocycles. The fraction of sp³-hybridized carbons (Fsp3) is 0.769. The first kappa shape index (κ1) is 18.2. The summed E-state index contributed by atoms with van der Waals surface area (Å²) >= 11 is 0. The van der Waals surface area contributed by atoms with Gasteiger partial charge in [0.15, 0.2) is 5.96 Å². The number of nitrogens with two attached hydrogens (primary N) is 3. The Kier molecular flexibility index (Phi) is 7.61. The fourth-order valence-electron chi connectivity index (χ4n) is 2.28. The molecule has 1 fully saturated rings. The van der Waals surface area contributed by atoms with Crippen molar-refractivity contribution in [2.45, 2.75) is 31.7 Å². The van der Waals surface area contributed by atoms with Gasteiger partial charge in [-0.25, -0.2) is 4.79 Å². The van der Waals surface area contributed by atoms with Crippen LogP contribution in [0.5, 0.6) is 0 Å². The number of guanidine groups is 1. The molecule has 1 aliphatic rings. The van der Waals surface area contributed by atoms with Crippen LogP contribution in [0.2, 0.25) is 0 Å². The Bertz CT molecular complexity index is 402. The molecule has 8 N–H and O–H groups in total. The van der Waals surface area contributed by atoms with Gasteiger partial charge in [-0.2, -0.15) is 0 Å². The van der Waals surface area contributed by atoms with Crippen LogP contribution in [0.3, 0.4) is 0 Å². The Hall–Kier alpha value is -1.87. The molecule has 9 heteroatoms. The topological polar surface area (TPSA) is 155 Å². The lowest BCUT2D eigenvalue weighted by atomic mass is 10.1. The average Bonchev–Trinajstić information content (AvgIpc) is 2.73. The maximum atomic E-state index is 12.1. The van der Waals surface area contributed by atoms with Gasteiger partial charge >= 0.3 is 6.03 Å². The van der Waals surface area contributed by atoms with Crippen LogP contribution in [0.4, 0.5) is 4.79 Å². The number of carbonyl (C=O) groups excluding carboxylic acids is 2. The van der Waals surface area contributed by atoms with Crippen LogP contribution in [-0.2, 0) is 4.79 Å². The van der Waals surface area contributed by atoms with Crippen molar-refractivity contribution in [2.75, 3.05) is 32.7 Å². The number of rotatable bonds is 5. The Morgan fingerprint density at radius 1 is 1.14 bits per heavy atom. The highest BCUT2D eigenvalue weighted by Gasteiger charge is 2.23. The number of urea groups is 1. The van der Waals surface area contributed by atoms with E-state index in [4.69, 9.17) is 22.6 Å². The first-order valence-electron chi connectivity index (χ1n) is 7.60. The lowest BCUT2D eigenvalue weighted by molar-refractivity contribution is -0.121. The van der Waals surface area contributed by atoms with Crippen molar-refractivity contribution in [3.05, 3.63) is 0 Å². The van der Waals surface area contributed by atoms with Crippen molar-refractivity contribution >= 4 is 17.9 Å². The molecule has 0 aromatic carbocycles. The third-order valence-electron chi connectivity index (χ3n) is 3.66. The molecule has 0 aromatic heterocycles. The van der Waals surface area contributed by atoms with Gasteiger partial charge in [-0.1, -0.05) is 6.42 Å². The second kappa shape index (κ2) is 9.21. The summed E-state index contributed by atoms with van der Waals surface area (Å²) in [7, 11) is 0. The predicted octanol–water partition coefficient (Wildman–Crippen LogP) is -1.42. The van der Waals surface area contributed by atoms with E-state index in [1.807, 2.05) is 0 Å². The van der Waals surface area contributed by atoms with Gasteiger partial charge in [0.05, 0.1) is 6.04 Å². The maximum Gasteiger partial charge on any atom is 0.324 e. The van der Waals surface area contributed by atoms with Crippen LogP contribution < -0.4 is 22.5 Å². The SMILES string of the molecule is N=C(N)N1CCCN(C(=O)NC(=O)[C@H](N)CCCCN)CC1. The molecule has 0 aromatic rings. The van der Waals surface area contributed by atoms with E-state index >= 15 is 0 Å². The molecule has 0 radical (unpaired) electrons. The lowest BCUT2D eigenvalue weighted by Gasteiger charge is -2.22. The molecule has 1 saturated heterocycles. The molecule has 126 valence electrons. The number of nitrogens with zero attached hydrogens (tertiary/aromatic N) is 2. The van der Waals surface area contributed by atoms with Crippen molar-refractivity contribution in [3.63, 3.8) is 0 Å². The van der Waals surface area contributed by atoms with Crippen LogP contribution >= 0.6 is 0 Å². The minimum Gasteiger partial charge on any atom is -0.370 e. The van der Waals surface area contributed by atoms with E-state index in [1.54, 1.807) is 9.80 Å². The van der Waals surface area contributed by atoms with Crippen LogP contribution in [0.25, 0.3) is 0 Å². The summed E-state index contributed by atoms with van der Waals surface area (Å²) in [6, 6.07) is -1.14. The molecule has 1 aliphatic heterocycles. The molecule has 3 amide bonds. The third-order valence-corrected chi connectivity index (χ3v) is 3.66. The monoisotopic (exact) mass is 313 g/mol. The zero-order valence-corrected chi connectivity index (χ0v) is 12.9. The van der Waals surface area contributed by atoms with Crippen molar-refractivity contribution in [2.24, 2.45) is 17.2 Å². The van der Waals surface area contributed by atoms with Crippen molar-refractivity contribution < 1.29 is 9.59 Å². The largest absolute Gasteiger partial charge is 0.370 e. The summed E-state index contributed by atoms with van der Waals surface area (Å²) in [5.74, 6) is -0.463. The van der Waals surface area contributed by atoms with E-state index in [0.29, 0.717) is 45.6 Å². The van der Waals surface area contributed by atoms with Gasteiger partial charge in [0.1, 0.15) is 0 Å². The molecular weight excluding hydrogens is 286 g/mol. The molecule has 0 bridgehead atoms. The van der Waals surface area contributed by atoms with Crippen LogP contribution in [0.1, 0.15) is 25.7 Å². The van der Waals surface area contributed by atoms with Crippen molar-refractivity contribution in [1.29, 1.82) is 5.41 Å². The molecule has 0 saturated carbocycles. The molecule has 0 aliphatic carbocycles. The van der Waals surface area contributed by atoms with Crippen LogP contribution in [0.15, 0.2) is 0 Å². The van der Waals surface area contributed by atoms with E-state index in [0.717, 1.165) is 12.8 Å². The standard InChI is InChI=1S/C13H27N7O2/c14-5-2-1-4-10(15)11(21)18-13(22)20-7-3-6-19(8-9-20)12(16)17/h10H,1-9,14-15H2,(H3,16,17)(H,18,21,22)/t10-/m1/s1. The Labute approximate surface area is 130 Å². The predicted molar refractivity (Wildman–Crippen MR) is 84.1 cm³/mol. The van der Waals surface area contributed by atoms with Crippen molar-refractivity contribution in [3.8, 4) is 0 Å². The summed E-state index contributed by atoms with van der Waals surface area (Å²) in [6.07, 6.45) is 2.77. The van der Waals surface area contributed by atoms with E-state index in [-0.39, 0.29) is 5.96 Å². The summed E-state index contributed by atoms with van der Waals surface area (Å²) in [5, 5.41) is 9.75.